The standard InChI is InChI=1S/C23H18F4N4O2S/c1-2-3-6-29-20(32)15-7-13-8-19-21(33)30(22(34)31(19)18(13)10-17(15)24)14-5-4-12(11-28)16(9-14)23(25,26)27/h4-5,7,9-10,19H,2-3,6,8H2,1H3,(H,29,32). The van der Waals surface area contributed by atoms with Crippen LogP contribution in [0.4, 0.5) is 28.9 Å². The molecule has 4 rings (SSSR count). The summed E-state index contributed by atoms with van der Waals surface area (Å²) in [5, 5.41) is 11.5. The first kappa shape index (κ1) is 23.6. The average molecular weight is 490 g/mol. The summed E-state index contributed by atoms with van der Waals surface area (Å²) in [5.74, 6) is -1.93. The minimum absolute atomic E-state index is 0.105. The van der Waals surface area contributed by atoms with Gasteiger partial charge in [0.1, 0.15) is 11.9 Å². The average Bonchev–Trinajstić information content (AvgIpc) is 3.27. The van der Waals surface area contributed by atoms with E-state index in [2.05, 4.69) is 5.32 Å². The highest BCUT2D eigenvalue weighted by Gasteiger charge is 2.49. The number of carbonyl (C=O) groups excluding carboxylic acids is 2. The largest absolute Gasteiger partial charge is 0.417 e. The normalized spacial score (nSPS) is 17.0. The summed E-state index contributed by atoms with van der Waals surface area (Å²) in [5.41, 5.74) is -1.21. The molecule has 2 aliphatic heterocycles. The van der Waals surface area contributed by atoms with Crippen LogP contribution in [-0.4, -0.2) is 29.5 Å². The number of nitrogens with zero attached hydrogens (tertiary/aromatic N) is 3. The summed E-state index contributed by atoms with van der Waals surface area (Å²) in [7, 11) is 0. The van der Waals surface area contributed by atoms with E-state index >= 15 is 0 Å². The Balaban J connectivity index is 1.66. The zero-order chi connectivity index (χ0) is 24.8. The molecule has 11 heteroatoms. The first-order chi connectivity index (χ1) is 16.1. The van der Waals surface area contributed by atoms with E-state index in [1.165, 1.54) is 23.1 Å². The molecule has 1 N–H and O–H groups in total. The Morgan fingerprint density at radius 2 is 2.03 bits per heavy atom. The zero-order valence-corrected chi connectivity index (χ0v) is 18.7. The van der Waals surface area contributed by atoms with E-state index in [1.54, 1.807) is 0 Å². The third-order valence-electron chi connectivity index (χ3n) is 5.80. The highest BCUT2D eigenvalue weighted by molar-refractivity contribution is 7.81. The van der Waals surface area contributed by atoms with Crippen LogP contribution in [0.15, 0.2) is 30.3 Å². The quantitative estimate of drug-likeness (QED) is 0.384. The first-order valence-corrected chi connectivity index (χ1v) is 10.9. The Bertz CT molecular complexity index is 1250. The van der Waals surface area contributed by atoms with Crippen molar-refractivity contribution in [2.75, 3.05) is 16.3 Å². The Labute approximate surface area is 197 Å². The SMILES string of the molecule is CCCCNC(=O)c1cc2c(cc1F)N1C(=S)N(c3ccc(C#N)c(C(F)(F)F)c3)C(=O)C1C2. The molecule has 0 saturated carbocycles. The Morgan fingerprint density at radius 1 is 1.29 bits per heavy atom. The Morgan fingerprint density at radius 3 is 2.68 bits per heavy atom. The van der Waals surface area contributed by atoms with E-state index in [4.69, 9.17) is 17.5 Å². The van der Waals surface area contributed by atoms with Crippen LogP contribution in [-0.2, 0) is 17.4 Å². The lowest BCUT2D eigenvalue weighted by Gasteiger charge is -2.21. The van der Waals surface area contributed by atoms with Gasteiger partial charge in [-0.05, 0) is 54.5 Å². The second-order valence-electron chi connectivity index (χ2n) is 7.96. The highest BCUT2D eigenvalue weighted by atomic mass is 32.1. The lowest BCUT2D eigenvalue weighted by atomic mass is 10.0. The summed E-state index contributed by atoms with van der Waals surface area (Å²) in [6.45, 7) is 2.36. The molecular weight excluding hydrogens is 472 g/mol. The molecule has 1 saturated heterocycles. The van der Waals surface area contributed by atoms with Gasteiger partial charge in [0.15, 0.2) is 5.11 Å². The highest BCUT2D eigenvalue weighted by Crippen LogP contribution is 2.42. The number of benzene rings is 2. The minimum Gasteiger partial charge on any atom is -0.352 e. The van der Waals surface area contributed by atoms with Crippen LogP contribution in [0.25, 0.3) is 0 Å². The van der Waals surface area contributed by atoms with Crippen molar-refractivity contribution in [3.63, 3.8) is 0 Å². The number of nitriles is 1. The molecule has 0 spiro atoms. The van der Waals surface area contributed by atoms with Crippen LogP contribution in [0, 0.1) is 17.1 Å². The van der Waals surface area contributed by atoms with Gasteiger partial charge in [0.25, 0.3) is 11.8 Å². The number of rotatable bonds is 5. The number of fused-ring (bicyclic) bond motifs is 3. The summed E-state index contributed by atoms with van der Waals surface area (Å²) in [6.07, 6.45) is -3.07. The molecule has 0 bridgehead atoms. The maximum atomic E-state index is 14.8. The maximum Gasteiger partial charge on any atom is 0.417 e. The molecule has 0 radical (unpaired) electrons. The summed E-state index contributed by atoms with van der Waals surface area (Å²) < 4.78 is 55.0. The van der Waals surface area contributed by atoms with Crippen LogP contribution < -0.4 is 15.1 Å². The number of alkyl halides is 3. The Kier molecular flexibility index (Phi) is 6.03. The summed E-state index contributed by atoms with van der Waals surface area (Å²) in [4.78, 5) is 27.8. The van der Waals surface area contributed by atoms with Crippen molar-refractivity contribution in [3.05, 3.63) is 58.4 Å². The number of unbranched alkanes of at least 4 members (excludes halogenated alkanes) is 1. The number of amides is 2. The van der Waals surface area contributed by atoms with Crippen LogP contribution in [0.3, 0.4) is 0 Å². The molecule has 2 aromatic carbocycles. The van der Waals surface area contributed by atoms with Gasteiger partial charge < -0.3 is 10.2 Å². The molecule has 2 aliphatic rings. The maximum absolute atomic E-state index is 14.8. The number of thiocarbonyl (C=S) groups is 1. The molecule has 1 atom stereocenters. The van der Waals surface area contributed by atoms with Gasteiger partial charge in [-0.25, -0.2) is 4.39 Å². The number of anilines is 2. The topological polar surface area (TPSA) is 76.4 Å². The molecule has 0 aliphatic carbocycles. The van der Waals surface area contributed by atoms with E-state index in [0.717, 1.165) is 29.9 Å². The van der Waals surface area contributed by atoms with Crippen molar-refractivity contribution in [3.8, 4) is 6.07 Å². The summed E-state index contributed by atoms with van der Waals surface area (Å²) >= 11 is 5.39. The van der Waals surface area contributed by atoms with Crippen molar-refractivity contribution in [2.24, 2.45) is 0 Å². The fraction of sp³-hybridized carbons (Fsp3) is 0.304. The molecule has 2 heterocycles. The van der Waals surface area contributed by atoms with Gasteiger partial charge in [0.2, 0.25) is 0 Å². The Hall–Kier alpha value is -3.52. The summed E-state index contributed by atoms with van der Waals surface area (Å²) in [6, 6.07) is 6.02. The van der Waals surface area contributed by atoms with Crippen molar-refractivity contribution in [2.45, 2.75) is 38.4 Å². The predicted molar refractivity (Wildman–Crippen MR) is 120 cm³/mol. The molecule has 2 amide bonds. The van der Waals surface area contributed by atoms with Gasteiger partial charge in [-0.2, -0.15) is 18.4 Å². The lowest BCUT2D eigenvalue weighted by molar-refractivity contribution is -0.137. The molecule has 0 aromatic heterocycles. The molecule has 6 nitrogen and oxygen atoms in total. The molecule has 1 unspecified atom stereocenters. The number of halogens is 4. The molecule has 2 aromatic rings. The van der Waals surface area contributed by atoms with E-state index < -0.39 is 41.0 Å². The smallest absolute Gasteiger partial charge is 0.352 e. The van der Waals surface area contributed by atoms with Gasteiger partial charge in [-0.3, -0.25) is 14.5 Å². The van der Waals surface area contributed by atoms with Crippen molar-refractivity contribution in [1.82, 2.24) is 5.32 Å². The molecular formula is C23H18F4N4O2S. The van der Waals surface area contributed by atoms with E-state index in [9.17, 15) is 27.2 Å². The van der Waals surface area contributed by atoms with Crippen LogP contribution in [0.2, 0.25) is 0 Å². The second-order valence-corrected chi connectivity index (χ2v) is 8.32. The molecule has 176 valence electrons. The predicted octanol–water partition coefficient (Wildman–Crippen LogP) is 4.31. The molecule has 34 heavy (non-hydrogen) atoms. The van der Waals surface area contributed by atoms with Gasteiger partial charge >= 0.3 is 6.18 Å². The fourth-order valence-corrected chi connectivity index (χ4v) is 4.56. The van der Waals surface area contributed by atoms with E-state index in [0.29, 0.717) is 18.2 Å². The van der Waals surface area contributed by atoms with Crippen LogP contribution >= 0.6 is 12.2 Å². The monoisotopic (exact) mass is 490 g/mol. The molecule has 1 fully saturated rings. The first-order valence-electron chi connectivity index (χ1n) is 10.5. The number of nitrogens with one attached hydrogen (secondary N) is 1. The van der Waals surface area contributed by atoms with Crippen LogP contribution in [0.1, 0.15) is 46.8 Å². The second kappa shape index (κ2) is 8.68. The van der Waals surface area contributed by atoms with Crippen LogP contribution in [0.5, 0.6) is 0 Å². The van der Waals surface area contributed by atoms with Crippen molar-refractivity contribution in [1.29, 1.82) is 5.26 Å². The van der Waals surface area contributed by atoms with Gasteiger partial charge in [-0.1, -0.05) is 13.3 Å². The third-order valence-corrected chi connectivity index (χ3v) is 6.18. The minimum atomic E-state index is -4.80. The lowest BCUT2D eigenvalue weighted by Crippen LogP contribution is -2.33. The van der Waals surface area contributed by atoms with Crippen molar-refractivity contribution >= 4 is 40.5 Å². The number of hydrogen-bond donors (Lipinski definition) is 1. The van der Waals surface area contributed by atoms with Gasteiger partial charge in [0.05, 0.1) is 34.1 Å². The zero-order valence-electron chi connectivity index (χ0n) is 17.9. The number of carbonyl (C=O) groups is 2. The van der Waals surface area contributed by atoms with E-state index in [1.807, 2.05) is 6.92 Å². The van der Waals surface area contributed by atoms with Gasteiger partial charge in [-0.15, -0.1) is 0 Å². The third kappa shape index (κ3) is 3.88. The van der Waals surface area contributed by atoms with Crippen molar-refractivity contribution < 1.29 is 27.2 Å². The fourth-order valence-electron chi connectivity index (χ4n) is 4.14. The van der Waals surface area contributed by atoms with E-state index in [-0.39, 0.29) is 28.5 Å². The van der Waals surface area contributed by atoms with Gasteiger partial charge in [0, 0.05) is 13.0 Å². The number of hydrogen-bond acceptors (Lipinski definition) is 4.